The van der Waals surface area contributed by atoms with Crippen molar-refractivity contribution in [2.75, 3.05) is 7.05 Å². The molecule has 0 aliphatic heterocycles. The molecule has 0 aromatic heterocycles. The van der Waals surface area contributed by atoms with Crippen LogP contribution in [0.1, 0.15) is 0 Å². The summed E-state index contributed by atoms with van der Waals surface area (Å²) in [6, 6.07) is 0. The molecule has 5 heteroatoms. The third-order valence-corrected chi connectivity index (χ3v) is 0.933. The van der Waals surface area contributed by atoms with E-state index in [1.807, 2.05) is 4.72 Å². The minimum atomic E-state index is -3.16. The Morgan fingerprint density at radius 1 is 1.50 bits per heavy atom. The molecule has 0 atom stereocenters. The molecule has 0 heterocycles. The van der Waals surface area contributed by atoms with Crippen LogP contribution in [0.3, 0.4) is 0 Å². The van der Waals surface area contributed by atoms with Crippen LogP contribution in [-0.4, -0.2) is 15.5 Å². The van der Waals surface area contributed by atoms with Gasteiger partial charge in [-0.25, -0.2) is 19.4 Å². The molecule has 0 unspecified atom stereocenters. The summed E-state index contributed by atoms with van der Waals surface area (Å²) in [5, 5.41) is 0. The van der Waals surface area contributed by atoms with E-state index in [0.29, 0.717) is 0 Å². The first-order valence-electron chi connectivity index (χ1n) is 1.33. The topological polar surface area (TPSA) is 46.2 Å². The molecule has 3 nitrogen and oxygen atoms in total. The standard InChI is InChI=1S/C2H6NO2S.CH3.Y/c1-3-6(2,4)5;;/h3H,2H2,1H3;1H3;/q2*-1;+3. The van der Waals surface area contributed by atoms with Gasteiger partial charge in [0.2, 0.25) is 0 Å². The molecule has 8 heavy (non-hydrogen) atoms. The molecule has 0 spiro atoms. The van der Waals surface area contributed by atoms with Crippen molar-refractivity contribution < 1.29 is 41.1 Å². The van der Waals surface area contributed by atoms with Crippen molar-refractivity contribution in [1.82, 2.24) is 4.72 Å². The van der Waals surface area contributed by atoms with Crippen LogP contribution in [0.15, 0.2) is 0 Å². The number of sulfonamides is 1. The summed E-state index contributed by atoms with van der Waals surface area (Å²) < 4.78 is 21.5. The van der Waals surface area contributed by atoms with Gasteiger partial charge in [-0.1, -0.05) is 0 Å². The van der Waals surface area contributed by atoms with Gasteiger partial charge in [0, 0.05) is 0 Å². The van der Waals surface area contributed by atoms with Gasteiger partial charge in [-0.05, 0) is 7.05 Å². The quantitative estimate of drug-likeness (QED) is 0.610. The molecule has 0 saturated carbocycles. The molecular weight excluding hydrogens is 203 g/mol. The fourth-order valence-corrected chi connectivity index (χ4v) is 0. The smallest absolute Gasteiger partial charge is 0.358 e. The minimum absolute atomic E-state index is 0. The molecular formula is C3H9NO2SY+. The normalized spacial score (nSPS) is 8.75. The predicted octanol–water partition coefficient (Wildman–Crippen LogP) is -0.225. The summed E-state index contributed by atoms with van der Waals surface area (Å²) in [5.74, 6) is 0. The number of rotatable bonds is 1. The van der Waals surface area contributed by atoms with E-state index in [0.717, 1.165) is 0 Å². The van der Waals surface area contributed by atoms with E-state index < -0.39 is 10.0 Å². The molecule has 0 amide bonds. The predicted molar refractivity (Wildman–Crippen MR) is 29.8 cm³/mol. The number of nitrogens with one attached hydrogen (secondary N) is 1. The average Bonchev–Trinajstić information content (AvgIpc) is 1.35. The Bertz CT molecular complexity index is 119. The summed E-state index contributed by atoms with van der Waals surface area (Å²) in [5.41, 5.74) is 0. The maximum absolute atomic E-state index is 9.78. The Balaban J connectivity index is -0.000000125. The van der Waals surface area contributed by atoms with Crippen molar-refractivity contribution in [3.8, 4) is 0 Å². The van der Waals surface area contributed by atoms with E-state index in [1.165, 1.54) is 7.05 Å². The molecule has 0 aromatic carbocycles. The van der Waals surface area contributed by atoms with E-state index in [1.54, 1.807) is 0 Å². The van der Waals surface area contributed by atoms with Gasteiger partial charge in [0.1, 0.15) is 0 Å². The molecule has 46 valence electrons. The van der Waals surface area contributed by atoms with Crippen molar-refractivity contribution >= 4 is 10.0 Å². The second-order valence-corrected chi connectivity index (χ2v) is 2.46. The first-order valence-corrected chi connectivity index (χ1v) is 2.98. The SMILES string of the molecule is [CH2-]S(=O)(=O)NC.[CH3-].[Y+3]. The first kappa shape index (κ1) is 16.0. The fraction of sp³-hybridized carbons (Fsp3) is 0.333. The van der Waals surface area contributed by atoms with Crippen molar-refractivity contribution in [3.05, 3.63) is 13.7 Å². The van der Waals surface area contributed by atoms with E-state index in [9.17, 15) is 8.42 Å². The van der Waals surface area contributed by atoms with Crippen LogP contribution in [0.5, 0.6) is 0 Å². The first-order chi connectivity index (χ1) is 2.56. The minimum Gasteiger partial charge on any atom is -0.358 e. The molecule has 0 fully saturated rings. The second-order valence-electron chi connectivity index (χ2n) is 0.819. The molecule has 0 radical (unpaired) electrons. The van der Waals surface area contributed by atoms with Gasteiger partial charge in [0.25, 0.3) is 0 Å². The Hall–Kier alpha value is 1.01. The van der Waals surface area contributed by atoms with Crippen LogP contribution in [0.2, 0.25) is 0 Å². The van der Waals surface area contributed by atoms with Crippen LogP contribution in [0.25, 0.3) is 0 Å². The summed E-state index contributed by atoms with van der Waals surface area (Å²) >= 11 is 0. The zero-order valence-electron chi connectivity index (χ0n) is 5.01. The Morgan fingerprint density at radius 3 is 1.62 bits per heavy atom. The van der Waals surface area contributed by atoms with Crippen LogP contribution in [0.4, 0.5) is 0 Å². The molecule has 0 rings (SSSR count). The van der Waals surface area contributed by atoms with Gasteiger partial charge in [0.05, 0.1) is 10.0 Å². The monoisotopic (exact) mass is 212 g/mol. The zero-order chi connectivity index (χ0) is 5.21. The Labute approximate surface area is 76.2 Å². The van der Waals surface area contributed by atoms with Crippen molar-refractivity contribution in [2.24, 2.45) is 0 Å². The number of hydrogen-bond donors (Lipinski definition) is 1. The van der Waals surface area contributed by atoms with E-state index in [-0.39, 0.29) is 40.1 Å². The Morgan fingerprint density at radius 2 is 1.62 bits per heavy atom. The van der Waals surface area contributed by atoms with E-state index >= 15 is 0 Å². The van der Waals surface area contributed by atoms with E-state index in [2.05, 4.69) is 6.26 Å². The molecule has 0 aliphatic carbocycles. The van der Waals surface area contributed by atoms with Gasteiger partial charge in [-0.2, -0.15) is 0 Å². The third kappa shape index (κ3) is 15.7. The number of hydrogen-bond acceptors (Lipinski definition) is 2. The van der Waals surface area contributed by atoms with Gasteiger partial charge < -0.3 is 7.43 Å². The molecule has 0 saturated heterocycles. The third-order valence-electron chi connectivity index (χ3n) is 0.311. The average molecular weight is 212 g/mol. The largest absolute Gasteiger partial charge is 3.00 e. The summed E-state index contributed by atoms with van der Waals surface area (Å²) in [4.78, 5) is 0. The van der Waals surface area contributed by atoms with Crippen LogP contribution in [0, 0.1) is 13.7 Å². The molecule has 0 aromatic rings. The molecule has 1 N–H and O–H groups in total. The van der Waals surface area contributed by atoms with Gasteiger partial charge in [-0.15, -0.1) is 0 Å². The summed E-state index contributed by atoms with van der Waals surface area (Å²) in [6.07, 6.45) is 2.75. The zero-order valence-corrected chi connectivity index (χ0v) is 8.66. The maximum atomic E-state index is 9.78. The molecule has 0 bridgehead atoms. The Kier molecular flexibility index (Phi) is 12.3. The fourth-order valence-electron chi connectivity index (χ4n) is 0. The van der Waals surface area contributed by atoms with Gasteiger partial charge in [-0.3, -0.25) is 0 Å². The molecule has 0 aliphatic rings. The van der Waals surface area contributed by atoms with Gasteiger partial charge >= 0.3 is 32.7 Å². The van der Waals surface area contributed by atoms with Crippen molar-refractivity contribution in [1.29, 1.82) is 0 Å². The summed E-state index contributed by atoms with van der Waals surface area (Å²) in [7, 11) is -1.85. The van der Waals surface area contributed by atoms with Crippen LogP contribution < -0.4 is 4.72 Å². The van der Waals surface area contributed by atoms with Crippen LogP contribution in [-0.2, 0) is 42.7 Å². The maximum Gasteiger partial charge on any atom is 3.00 e. The van der Waals surface area contributed by atoms with E-state index in [4.69, 9.17) is 0 Å². The second kappa shape index (κ2) is 6.14. The van der Waals surface area contributed by atoms with Crippen LogP contribution >= 0.6 is 0 Å². The van der Waals surface area contributed by atoms with Crippen molar-refractivity contribution in [2.45, 2.75) is 0 Å². The summed E-state index contributed by atoms with van der Waals surface area (Å²) in [6.45, 7) is 0. The van der Waals surface area contributed by atoms with Gasteiger partial charge in [0.15, 0.2) is 0 Å². The van der Waals surface area contributed by atoms with Crippen molar-refractivity contribution in [3.63, 3.8) is 0 Å².